The Balaban J connectivity index is 2.58. The summed E-state index contributed by atoms with van der Waals surface area (Å²) < 4.78 is 1.24. The number of aliphatic hydroxyl groups is 1. The van der Waals surface area contributed by atoms with Gasteiger partial charge < -0.3 is 10.4 Å². The highest BCUT2D eigenvalue weighted by Gasteiger charge is 2.19. The van der Waals surface area contributed by atoms with E-state index in [-0.39, 0.29) is 18.3 Å². The third-order valence-electron chi connectivity index (χ3n) is 2.25. The van der Waals surface area contributed by atoms with Gasteiger partial charge in [-0.15, -0.1) is 5.10 Å². The predicted octanol–water partition coefficient (Wildman–Crippen LogP) is -0.351. The van der Waals surface area contributed by atoms with Crippen molar-refractivity contribution in [1.82, 2.24) is 25.3 Å². The molecule has 2 heterocycles. The van der Waals surface area contributed by atoms with Gasteiger partial charge in [0.25, 0.3) is 5.91 Å². The standard InChI is InChI=1S/C10H11N5O2/c1-11-10(17)8-9(15(6-16)14-13-8)7-3-2-4-12-5-7/h2-5,16H,6H2,1H3,(H,11,17). The van der Waals surface area contributed by atoms with Crippen LogP contribution < -0.4 is 5.32 Å². The van der Waals surface area contributed by atoms with E-state index in [0.717, 1.165) is 0 Å². The van der Waals surface area contributed by atoms with Crippen molar-refractivity contribution in [2.24, 2.45) is 0 Å². The van der Waals surface area contributed by atoms with Crippen molar-refractivity contribution in [3.63, 3.8) is 0 Å². The van der Waals surface area contributed by atoms with E-state index in [0.29, 0.717) is 11.3 Å². The lowest BCUT2D eigenvalue weighted by molar-refractivity contribution is 0.0958. The molecule has 0 unspecified atom stereocenters. The fourth-order valence-electron chi connectivity index (χ4n) is 1.47. The predicted molar refractivity (Wildman–Crippen MR) is 58.9 cm³/mol. The maximum atomic E-state index is 11.6. The summed E-state index contributed by atoms with van der Waals surface area (Å²) in [5.41, 5.74) is 1.28. The lowest BCUT2D eigenvalue weighted by Crippen LogP contribution is -2.19. The van der Waals surface area contributed by atoms with Crippen molar-refractivity contribution in [3.8, 4) is 11.3 Å². The Bertz CT molecular complexity index is 523. The molecule has 2 aromatic heterocycles. The van der Waals surface area contributed by atoms with Gasteiger partial charge in [0.05, 0.1) is 0 Å². The largest absolute Gasteiger partial charge is 0.374 e. The molecule has 0 fully saturated rings. The van der Waals surface area contributed by atoms with Crippen molar-refractivity contribution >= 4 is 5.91 Å². The SMILES string of the molecule is CNC(=O)c1nnn(CO)c1-c1cccnc1. The quantitative estimate of drug-likeness (QED) is 0.755. The van der Waals surface area contributed by atoms with Crippen LogP contribution in [0.1, 0.15) is 10.5 Å². The highest BCUT2D eigenvalue weighted by Crippen LogP contribution is 2.20. The van der Waals surface area contributed by atoms with Crippen LogP contribution >= 0.6 is 0 Å². The van der Waals surface area contributed by atoms with Gasteiger partial charge in [0.2, 0.25) is 0 Å². The Morgan fingerprint density at radius 3 is 3.00 bits per heavy atom. The Morgan fingerprint density at radius 1 is 1.59 bits per heavy atom. The van der Waals surface area contributed by atoms with E-state index in [1.54, 1.807) is 24.5 Å². The Kier molecular flexibility index (Phi) is 3.10. The molecule has 88 valence electrons. The van der Waals surface area contributed by atoms with Gasteiger partial charge in [-0.3, -0.25) is 9.78 Å². The molecule has 2 aromatic rings. The summed E-state index contributed by atoms with van der Waals surface area (Å²) >= 11 is 0. The van der Waals surface area contributed by atoms with Crippen LogP contribution in [0.4, 0.5) is 0 Å². The first-order chi connectivity index (χ1) is 8.27. The number of aliphatic hydroxyl groups excluding tert-OH is 1. The van der Waals surface area contributed by atoms with Gasteiger partial charge in [-0.25, -0.2) is 4.68 Å². The summed E-state index contributed by atoms with van der Waals surface area (Å²) in [4.78, 5) is 15.6. The monoisotopic (exact) mass is 233 g/mol. The Labute approximate surface area is 97.1 Å². The molecule has 0 bridgehead atoms. The first-order valence-electron chi connectivity index (χ1n) is 4.94. The Hall–Kier alpha value is -2.28. The molecule has 0 radical (unpaired) electrons. The zero-order valence-electron chi connectivity index (χ0n) is 9.16. The number of hydrogen-bond donors (Lipinski definition) is 2. The first kappa shape index (κ1) is 11.2. The summed E-state index contributed by atoms with van der Waals surface area (Å²) in [6, 6.07) is 3.50. The van der Waals surface area contributed by atoms with E-state index in [2.05, 4.69) is 20.6 Å². The molecule has 0 saturated carbocycles. The van der Waals surface area contributed by atoms with Gasteiger partial charge in [-0.1, -0.05) is 5.21 Å². The van der Waals surface area contributed by atoms with Crippen LogP contribution in [0, 0.1) is 0 Å². The summed E-state index contributed by atoms with van der Waals surface area (Å²) in [6.07, 6.45) is 3.20. The highest BCUT2D eigenvalue weighted by atomic mass is 16.3. The molecule has 0 atom stereocenters. The second-order valence-electron chi connectivity index (χ2n) is 3.25. The second-order valence-corrected chi connectivity index (χ2v) is 3.25. The van der Waals surface area contributed by atoms with Gasteiger partial charge >= 0.3 is 0 Å². The molecule has 0 spiro atoms. The normalized spacial score (nSPS) is 10.2. The molecule has 0 aliphatic carbocycles. The highest BCUT2D eigenvalue weighted by molar-refractivity contribution is 5.97. The average Bonchev–Trinajstić information content (AvgIpc) is 2.82. The summed E-state index contributed by atoms with van der Waals surface area (Å²) in [5.74, 6) is -0.358. The van der Waals surface area contributed by atoms with Gasteiger partial charge in [0.15, 0.2) is 5.69 Å². The molecule has 1 amide bonds. The summed E-state index contributed by atoms with van der Waals surface area (Å²) in [7, 11) is 1.51. The van der Waals surface area contributed by atoms with Crippen LogP contribution in [0.15, 0.2) is 24.5 Å². The first-order valence-corrected chi connectivity index (χ1v) is 4.94. The maximum absolute atomic E-state index is 11.6. The van der Waals surface area contributed by atoms with Crippen LogP contribution in [-0.2, 0) is 6.73 Å². The van der Waals surface area contributed by atoms with Crippen molar-refractivity contribution in [2.75, 3.05) is 7.05 Å². The van der Waals surface area contributed by atoms with Gasteiger partial charge in [-0.2, -0.15) is 0 Å². The third-order valence-corrected chi connectivity index (χ3v) is 2.25. The van der Waals surface area contributed by atoms with Crippen LogP contribution in [0.2, 0.25) is 0 Å². The van der Waals surface area contributed by atoms with Gasteiger partial charge in [0.1, 0.15) is 12.4 Å². The van der Waals surface area contributed by atoms with Crippen LogP contribution in [0.25, 0.3) is 11.3 Å². The molecule has 0 aliphatic heterocycles. The van der Waals surface area contributed by atoms with Crippen LogP contribution in [0.3, 0.4) is 0 Å². The zero-order valence-corrected chi connectivity index (χ0v) is 9.16. The van der Waals surface area contributed by atoms with E-state index in [1.165, 1.54) is 11.7 Å². The van der Waals surface area contributed by atoms with Crippen molar-refractivity contribution < 1.29 is 9.90 Å². The van der Waals surface area contributed by atoms with Crippen molar-refractivity contribution in [3.05, 3.63) is 30.2 Å². The minimum atomic E-state index is -0.358. The molecule has 2 rings (SSSR count). The summed E-state index contributed by atoms with van der Waals surface area (Å²) in [6.45, 7) is -0.353. The van der Waals surface area contributed by atoms with E-state index in [4.69, 9.17) is 5.11 Å². The average molecular weight is 233 g/mol. The smallest absolute Gasteiger partial charge is 0.273 e. The number of amides is 1. The number of carbonyl (C=O) groups is 1. The molecular weight excluding hydrogens is 222 g/mol. The second kappa shape index (κ2) is 4.71. The topological polar surface area (TPSA) is 92.9 Å². The number of nitrogens with zero attached hydrogens (tertiary/aromatic N) is 4. The van der Waals surface area contributed by atoms with Gasteiger partial charge in [-0.05, 0) is 12.1 Å². The lowest BCUT2D eigenvalue weighted by Gasteiger charge is -2.04. The molecular formula is C10H11N5O2. The minimum absolute atomic E-state index is 0.162. The van der Waals surface area contributed by atoms with Crippen molar-refractivity contribution in [2.45, 2.75) is 6.73 Å². The molecule has 17 heavy (non-hydrogen) atoms. The number of pyridine rings is 1. The minimum Gasteiger partial charge on any atom is -0.374 e. The number of hydrogen-bond acceptors (Lipinski definition) is 5. The van der Waals surface area contributed by atoms with Gasteiger partial charge in [0, 0.05) is 25.0 Å². The number of carbonyl (C=O) groups excluding carboxylic acids is 1. The fraction of sp³-hybridized carbons (Fsp3) is 0.200. The van der Waals surface area contributed by atoms with E-state index in [1.807, 2.05) is 0 Å². The number of rotatable bonds is 3. The maximum Gasteiger partial charge on any atom is 0.273 e. The molecule has 0 aromatic carbocycles. The van der Waals surface area contributed by atoms with Crippen LogP contribution in [0.5, 0.6) is 0 Å². The van der Waals surface area contributed by atoms with Crippen LogP contribution in [-0.4, -0.2) is 38.0 Å². The van der Waals surface area contributed by atoms with E-state index < -0.39 is 0 Å². The lowest BCUT2D eigenvalue weighted by atomic mass is 10.1. The Morgan fingerprint density at radius 2 is 2.41 bits per heavy atom. The number of nitrogens with one attached hydrogen (secondary N) is 1. The molecule has 0 saturated heterocycles. The third kappa shape index (κ3) is 2.00. The van der Waals surface area contributed by atoms with E-state index in [9.17, 15) is 4.79 Å². The van der Waals surface area contributed by atoms with Crippen molar-refractivity contribution in [1.29, 1.82) is 0 Å². The summed E-state index contributed by atoms with van der Waals surface area (Å²) in [5, 5.41) is 19.1. The fourth-order valence-corrected chi connectivity index (χ4v) is 1.47. The number of aromatic nitrogens is 4. The molecule has 2 N–H and O–H groups in total. The zero-order chi connectivity index (χ0) is 12.3. The van der Waals surface area contributed by atoms with E-state index >= 15 is 0 Å². The molecule has 7 heteroatoms. The molecule has 0 aliphatic rings. The molecule has 7 nitrogen and oxygen atoms in total.